The van der Waals surface area contributed by atoms with E-state index in [1.165, 1.54) is 25.7 Å². The lowest BCUT2D eigenvalue weighted by Gasteiger charge is -2.43. The maximum Gasteiger partial charge on any atom is 0.0986 e. The fourth-order valence-electron chi connectivity index (χ4n) is 2.11. The molecule has 1 saturated carbocycles. The van der Waals surface area contributed by atoms with Gasteiger partial charge in [-0.25, -0.2) is 0 Å². The highest BCUT2D eigenvalue weighted by Gasteiger charge is 2.41. The van der Waals surface area contributed by atoms with Crippen molar-refractivity contribution in [2.45, 2.75) is 57.3 Å². The highest BCUT2D eigenvalue weighted by molar-refractivity contribution is 4.96. The minimum absolute atomic E-state index is 0.251. The Balaban J connectivity index is 2.02. The molecule has 3 nitrogen and oxygen atoms in total. The van der Waals surface area contributed by atoms with E-state index >= 15 is 0 Å². The summed E-state index contributed by atoms with van der Waals surface area (Å²) < 4.78 is 11.2. The number of ether oxygens (including phenoxy) is 2. The van der Waals surface area contributed by atoms with E-state index in [-0.39, 0.29) is 6.10 Å². The molecule has 0 aromatic carbocycles. The van der Waals surface area contributed by atoms with Gasteiger partial charge in [-0.2, -0.15) is 0 Å². The number of hydrogen-bond acceptors (Lipinski definition) is 3. The second-order valence-electron chi connectivity index (χ2n) is 4.30. The Morgan fingerprint density at radius 1 is 1.27 bits per heavy atom. The lowest BCUT2D eigenvalue weighted by molar-refractivity contribution is -0.132. The third kappa shape index (κ3) is 3.74. The zero-order valence-corrected chi connectivity index (χ0v) is 10.3. The molecule has 0 saturated heterocycles. The van der Waals surface area contributed by atoms with Gasteiger partial charge >= 0.3 is 0 Å². The van der Waals surface area contributed by atoms with Crippen LogP contribution in [-0.4, -0.2) is 39.0 Å². The fraction of sp³-hybridized carbons (Fsp3) is 1.00. The van der Waals surface area contributed by atoms with Gasteiger partial charge in [-0.3, -0.25) is 0 Å². The van der Waals surface area contributed by atoms with Crippen LogP contribution in [0.15, 0.2) is 0 Å². The van der Waals surface area contributed by atoms with Gasteiger partial charge in [-0.05, 0) is 19.9 Å². The average molecular weight is 215 g/mol. The Labute approximate surface area is 93.5 Å². The number of unbranched alkanes of at least 4 members (excludes halogenated alkanes) is 3. The van der Waals surface area contributed by atoms with E-state index in [2.05, 4.69) is 12.2 Å². The van der Waals surface area contributed by atoms with E-state index in [1.54, 1.807) is 7.11 Å². The topological polar surface area (TPSA) is 30.5 Å². The van der Waals surface area contributed by atoms with E-state index in [9.17, 15) is 0 Å². The molecule has 1 rings (SSSR count). The molecule has 1 aliphatic carbocycles. The van der Waals surface area contributed by atoms with Crippen LogP contribution < -0.4 is 5.32 Å². The first kappa shape index (κ1) is 12.9. The van der Waals surface area contributed by atoms with E-state index in [0.29, 0.717) is 12.1 Å². The third-order valence-corrected chi connectivity index (χ3v) is 3.22. The molecule has 15 heavy (non-hydrogen) atoms. The van der Waals surface area contributed by atoms with Crippen LogP contribution >= 0.6 is 0 Å². The zero-order chi connectivity index (χ0) is 11.1. The number of methoxy groups -OCH3 is 1. The first-order valence-electron chi connectivity index (χ1n) is 6.15. The van der Waals surface area contributed by atoms with Gasteiger partial charge in [0.25, 0.3) is 0 Å². The van der Waals surface area contributed by atoms with E-state index in [0.717, 1.165) is 13.0 Å². The molecule has 1 fully saturated rings. The summed E-state index contributed by atoms with van der Waals surface area (Å²) in [7, 11) is 3.75. The Kier molecular flexibility index (Phi) is 6.22. The molecule has 3 heteroatoms. The molecule has 0 spiro atoms. The minimum atomic E-state index is 0.251. The van der Waals surface area contributed by atoms with Crippen molar-refractivity contribution in [1.82, 2.24) is 5.32 Å². The van der Waals surface area contributed by atoms with Crippen molar-refractivity contribution in [1.29, 1.82) is 0 Å². The smallest absolute Gasteiger partial charge is 0.0986 e. The molecule has 1 aliphatic rings. The lowest BCUT2D eigenvalue weighted by atomic mass is 9.85. The van der Waals surface area contributed by atoms with E-state index in [4.69, 9.17) is 9.47 Å². The summed E-state index contributed by atoms with van der Waals surface area (Å²) in [4.78, 5) is 0. The van der Waals surface area contributed by atoms with Gasteiger partial charge in [0.05, 0.1) is 12.2 Å². The molecule has 0 radical (unpaired) electrons. The molecule has 3 atom stereocenters. The number of rotatable bonds is 8. The standard InChI is InChI=1S/C12H25NO2/c1-4-5-6-7-8-15-11-9-10(13-2)12(11)14-3/h10-13H,4-9H2,1-3H3. The molecule has 0 bridgehead atoms. The summed E-state index contributed by atoms with van der Waals surface area (Å²) in [5.41, 5.74) is 0. The molecule has 90 valence electrons. The molecule has 0 aromatic rings. The van der Waals surface area contributed by atoms with Crippen molar-refractivity contribution in [2.24, 2.45) is 0 Å². The number of nitrogens with one attached hydrogen (secondary N) is 1. The molecule has 1 N–H and O–H groups in total. The van der Waals surface area contributed by atoms with Crippen molar-refractivity contribution < 1.29 is 9.47 Å². The van der Waals surface area contributed by atoms with Crippen molar-refractivity contribution in [3.05, 3.63) is 0 Å². The Bertz CT molecular complexity index is 164. The second-order valence-corrected chi connectivity index (χ2v) is 4.30. The van der Waals surface area contributed by atoms with Crippen LogP contribution in [-0.2, 0) is 9.47 Å². The lowest BCUT2D eigenvalue weighted by Crippen LogP contribution is -2.58. The highest BCUT2D eigenvalue weighted by Crippen LogP contribution is 2.26. The minimum Gasteiger partial charge on any atom is -0.377 e. The normalized spacial score (nSPS) is 30.2. The fourth-order valence-corrected chi connectivity index (χ4v) is 2.11. The molecule has 3 unspecified atom stereocenters. The molecular weight excluding hydrogens is 190 g/mol. The molecule has 0 aliphatic heterocycles. The maximum atomic E-state index is 5.80. The van der Waals surface area contributed by atoms with Crippen LogP contribution in [0.4, 0.5) is 0 Å². The van der Waals surface area contributed by atoms with E-state index < -0.39 is 0 Å². The maximum absolute atomic E-state index is 5.80. The summed E-state index contributed by atoms with van der Waals surface area (Å²) in [6, 6.07) is 0.482. The Hall–Kier alpha value is -0.120. The van der Waals surface area contributed by atoms with Gasteiger partial charge in [0.1, 0.15) is 0 Å². The first-order valence-corrected chi connectivity index (χ1v) is 6.15. The quantitative estimate of drug-likeness (QED) is 0.628. The summed E-state index contributed by atoms with van der Waals surface area (Å²) in [5.74, 6) is 0. The Morgan fingerprint density at radius 3 is 2.67 bits per heavy atom. The van der Waals surface area contributed by atoms with Gasteiger partial charge in [0.2, 0.25) is 0 Å². The van der Waals surface area contributed by atoms with Gasteiger partial charge in [0, 0.05) is 19.8 Å². The second kappa shape index (κ2) is 7.20. The number of likely N-dealkylation sites (N-methyl/N-ethyl adjacent to an activating group) is 1. The third-order valence-electron chi connectivity index (χ3n) is 3.22. The molecular formula is C12H25NO2. The van der Waals surface area contributed by atoms with Crippen LogP contribution in [0.5, 0.6) is 0 Å². The Morgan fingerprint density at radius 2 is 2.07 bits per heavy atom. The van der Waals surface area contributed by atoms with Crippen LogP contribution in [0, 0.1) is 0 Å². The summed E-state index contributed by atoms with van der Waals surface area (Å²) >= 11 is 0. The van der Waals surface area contributed by atoms with Gasteiger partial charge in [-0.1, -0.05) is 26.2 Å². The molecule has 0 aromatic heterocycles. The highest BCUT2D eigenvalue weighted by atomic mass is 16.5. The van der Waals surface area contributed by atoms with Gasteiger partial charge in [-0.15, -0.1) is 0 Å². The predicted octanol–water partition coefficient (Wildman–Crippen LogP) is 1.96. The van der Waals surface area contributed by atoms with E-state index in [1.807, 2.05) is 7.05 Å². The average Bonchev–Trinajstić information content (AvgIpc) is 2.22. The van der Waals surface area contributed by atoms with Crippen molar-refractivity contribution in [3.8, 4) is 0 Å². The predicted molar refractivity (Wildman–Crippen MR) is 62.1 cm³/mol. The van der Waals surface area contributed by atoms with Gasteiger partial charge < -0.3 is 14.8 Å². The number of hydrogen-bond donors (Lipinski definition) is 1. The van der Waals surface area contributed by atoms with Crippen LogP contribution in [0.25, 0.3) is 0 Å². The van der Waals surface area contributed by atoms with Crippen molar-refractivity contribution >= 4 is 0 Å². The van der Waals surface area contributed by atoms with Crippen molar-refractivity contribution in [3.63, 3.8) is 0 Å². The molecule has 0 heterocycles. The zero-order valence-electron chi connectivity index (χ0n) is 10.3. The summed E-state index contributed by atoms with van der Waals surface area (Å²) in [5, 5.41) is 3.24. The monoisotopic (exact) mass is 215 g/mol. The first-order chi connectivity index (χ1) is 7.33. The van der Waals surface area contributed by atoms with Crippen molar-refractivity contribution in [2.75, 3.05) is 20.8 Å². The summed E-state index contributed by atoms with van der Waals surface area (Å²) in [6.07, 6.45) is 6.73. The van der Waals surface area contributed by atoms with Crippen LogP contribution in [0.1, 0.15) is 39.0 Å². The summed E-state index contributed by atoms with van der Waals surface area (Å²) in [6.45, 7) is 3.12. The largest absolute Gasteiger partial charge is 0.377 e. The SMILES string of the molecule is CCCCCCOC1CC(NC)C1OC. The van der Waals surface area contributed by atoms with Crippen LogP contribution in [0.3, 0.4) is 0 Å². The van der Waals surface area contributed by atoms with Crippen LogP contribution in [0.2, 0.25) is 0 Å². The molecule has 0 amide bonds. The van der Waals surface area contributed by atoms with Gasteiger partial charge in [0.15, 0.2) is 0 Å².